The molecule has 0 aromatic rings. The normalized spacial score (nSPS) is 31.7. The first-order valence-corrected chi connectivity index (χ1v) is 5.88. The Morgan fingerprint density at radius 2 is 2.13 bits per heavy atom. The third-order valence-electron chi connectivity index (χ3n) is 3.28. The van der Waals surface area contributed by atoms with E-state index in [-0.39, 0.29) is 24.0 Å². The third kappa shape index (κ3) is 2.49. The van der Waals surface area contributed by atoms with E-state index in [0.29, 0.717) is 6.61 Å². The van der Waals surface area contributed by atoms with E-state index in [1.807, 2.05) is 11.8 Å². The van der Waals surface area contributed by atoms with Gasteiger partial charge in [-0.25, -0.2) is 0 Å². The van der Waals surface area contributed by atoms with E-state index in [4.69, 9.17) is 10.5 Å². The Morgan fingerprint density at radius 3 is 2.73 bits per heavy atom. The summed E-state index contributed by atoms with van der Waals surface area (Å²) in [5.74, 6) is 0.416. The van der Waals surface area contributed by atoms with Gasteiger partial charge in [0.2, 0.25) is 5.91 Å². The van der Waals surface area contributed by atoms with E-state index < -0.39 is 0 Å². The molecule has 0 radical (unpaired) electrons. The topological polar surface area (TPSA) is 55.6 Å². The molecule has 86 valence electrons. The van der Waals surface area contributed by atoms with Crippen molar-refractivity contribution in [1.29, 1.82) is 0 Å². The van der Waals surface area contributed by atoms with Gasteiger partial charge in [0.05, 0.1) is 12.0 Å². The van der Waals surface area contributed by atoms with Crippen LogP contribution in [0.4, 0.5) is 0 Å². The van der Waals surface area contributed by atoms with Gasteiger partial charge in [0.25, 0.3) is 0 Å². The Labute approximate surface area is 90.8 Å². The molecule has 1 saturated heterocycles. The largest absolute Gasteiger partial charge is 0.378 e. The monoisotopic (exact) mass is 212 g/mol. The lowest BCUT2D eigenvalue weighted by molar-refractivity contribution is -0.134. The predicted molar refractivity (Wildman–Crippen MR) is 57.3 cm³/mol. The number of rotatable bonds is 3. The predicted octanol–water partition coefficient (Wildman–Crippen LogP) is 0.361. The van der Waals surface area contributed by atoms with Crippen LogP contribution in [-0.2, 0) is 9.53 Å². The van der Waals surface area contributed by atoms with Crippen LogP contribution in [0.15, 0.2) is 0 Å². The highest BCUT2D eigenvalue weighted by atomic mass is 16.5. The molecule has 2 N–H and O–H groups in total. The molecule has 1 aliphatic carbocycles. The van der Waals surface area contributed by atoms with E-state index in [0.717, 1.165) is 32.4 Å². The van der Waals surface area contributed by atoms with Crippen molar-refractivity contribution in [2.75, 3.05) is 19.7 Å². The molecule has 2 rings (SSSR count). The second-order valence-corrected chi connectivity index (χ2v) is 4.50. The SMILES string of the molecule is CCOC1CC1C(=O)N1CCC(N)CC1. The fraction of sp³-hybridized carbons (Fsp3) is 0.909. The van der Waals surface area contributed by atoms with Gasteiger partial charge < -0.3 is 15.4 Å². The number of nitrogens with zero attached hydrogens (tertiary/aromatic N) is 1. The molecule has 15 heavy (non-hydrogen) atoms. The first-order valence-electron chi connectivity index (χ1n) is 5.88. The molecular formula is C11H20N2O2. The maximum atomic E-state index is 12.0. The summed E-state index contributed by atoms with van der Waals surface area (Å²) in [5, 5.41) is 0. The van der Waals surface area contributed by atoms with Gasteiger partial charge in [-0.2, -0.15) is 0 Å². The maximum Gasteiger partial charge on any atom is 0.228 e. The van der Waals surface area contributed by atoms with Gasteiger partial charge in [-0.1, -0.05) is 0 Å². The molecule has 0 bridgehead atoms. The molecule has 1 saturated carbocycles. The molecule has 4 nitrogen and oxygen atoms in total. The van der Waals surface area contributed by atoms with Crippen molar-refractivity contribution in [3.8, 4) is 0 Å². The van der Waals surface area contributed by atoms with E-state index in [9.17, 15) is 4.79 Å². The summed E-state index contributed by atoms with van der Waals surface area (Å²) in [6.07, 6.45) is 2.99. The van der Waals surface area contributed by atoms with Gasteiger partial charge >= 0.3 is 0 Å². The summed E-state index contributed by atoms with van der Waals surface area (Å²) in [5.41, 5.74) is 5.80. The molecule has 2 aliphatic rings. The average Bonchev–Trinajstić information content (AvgIpc) is 2.98. The standard InChI is InChI=1S/C11H20N2O2/c1-2-15-10-7-9(10)11(14)13-5-3-8(12)4-6-13/h8-10H,2-7,12H2,1H3. The first kappa shape index (κ1) is 10.9. The van der Waals surface area contributed by atoms with Crippen molar-refractivity contribution in [2.45, 2.75) is 38.3 Å². The van der Waals surface area contributed by atoms with Crippen LogP contribution in [0.25, 0.3) is 0 Å². The quantitative estimate of drug-likeness (QED) is 0.735. The Hall–Kier alpha value is -0.610. The van der Waals surface area contributed by atoms with Crippen LogP contribution >= 0.6 is 0 Å². The Morgan fingerprint density at radius 1 is 1.47 bits per heavy atom. The number of ether oxygens (including phenoxy) is 1. The average molecular weight is 212 g/mol. The fourth-order valence-corrected chi connectivity index (χ4v) is 2.18. The maximum absolute atomic E-state index is 12.0. The van der Waals surface area contributed by atoms with Crippen molar-refractivity contribution in [1.82, 2.24) is 4.90 Å². The highest BCUT2D eigenvalue weighted by Crippen LogP contribution is 2.35. The molecular weight excluding hydrogens is 192 g/mol. The fourth-order valence-electron chi connectivity index (χ4n) is 2.18. The lowest BCUT2D eigenvalue weighted by Gasteiger charge is -2.30. The summed E-state index contributed by atoms with van der Waals surface area (Å²) in [7, 11) is 0. The molecule has 2 unspecified atom stereocenters. The summed E-state index contributed by atoms with van der Waals surface area (Å²) >= 11 is 0. The van der Waals surface area contributed by atoms with Crippen LogP contribution in [0.3, 0.4) is 0 Å². The third-order valence-corrected chi connectivity index (χ3v) is 3.28. The van der Waals surface area contributed by atoms with Crippen LogP contribution in [0.2, 0.25) is 0 Å². The van der Waals surface area contributed by atoms with Crippen molar-refractivity contribution in [3.05, 3.63) is 0 Å². The van der Waals surface area contributed by atoms with Gasteiger partial charge in [0.1, 0.15) is 0 Å². The number of carbonyl (C=O) groups is 1. The van der Waals surface area contributed by atoms with Crippen LogP contribution in [0.1, 0.15) is 26.2 Å². The lowest BCUT2D eigenvalue weighted by atomic mass is 10.1. The molecule has 4 heteroatoms. The van der Waals surface area contributed by atoms with Crippen molar-refractivity contribution < 1.29 is 9.53 Å². The number of carbonyl (C=O) groups excluding carboxylic acids is 1. The molecule has 1 aliphatic heterocycles. The molecule has 1 heterocycles. The summed E-state index contributed by atoms with van der Waals surface area (Å²) in [6, 6.07) is 0.288. The smallest absolute Gasteiger partial charge is 0.228 e. The Balaban J connectivity index is 1.77. The van der Waals surface area contributed by atoms with Crippen LogP contribution in [-0.4, -0.2) is 42.6 Å². The minimum absolute atomic E-state index is 0.138. The number of hydrogen-bond acceptors (Lipinski definition) is 3. The zero-order valence-electron chi connectivity index (χ0n) is 9.32. The minimum Gasteiger partial charge on any atom is -0.378 e. The zero-order valence-corrected chi connectivity index (χ0v) is 9.32. The van der Waals surface area contributed by atoms with Crippen molar-refractivity contribution >= 4 is 5.91 Å². The van der Waals surface area contributed by atoms with Crippen molar-refractivity contribution in [2.24, 2.45) is 11.7 Å². The highest BCUT2D eigenvalue weighted by molar-refractivity contribution is 5.82. The number of hydrogen-bond donors (Lipinski definition) is 1. The van der Waals surface area contributed by atoms with E-state index in [2.05, 4.69) is 0 Å². The molecule has 0 aromatic heterocycles. The van der Waals surface area contributed by atoms with Gasteiger partial charge in [0.15, 0.2) is 0 Å². The van der Waals surface area contributed by atoms with Crippen molar-refractivity contribution in [3.63, 3.8) is 0 Å². The van der Waals surface area contributed by atoms with Crippen LogP contribution in [0, 0.1) is 5.92 Å². The molecule has 0 aromatic carbocycles. The molecule has 1 amide bonds. The van der Waals surface area contributed by atoms with Gasteiger partial charge in [-0.05, 0) is 26.2 Å². The number of amides is 1. The molecule has 0 spiro atoms. The summed E-state index contributed by atoms with van der Waals surface area (Å²) in [4.78, 5) is 13.9. The molecule has 2 fully saturated rings. The zero-order chi connectivity index (χ0) is 10.8. The molecule has 2 atom stereocenters. The highest BCUT2D eigenvalue weighted by Gasteiger charge is 2.46. The van der Waals surface area contributed by atoms with E-state index in [1.54, 1.807) is 0 Å². The second kappa shape index (κ2) is 4.49. The first-order chi connectivity index (χ1) is 7.22. The van der Waals surface area contributed by atoms with Gasteiger partial charge in [-0.3, -0.25) is 4.79 Å². The Kier molecular flexibility index (Phi) is 3.26. The van der Waals surface area contributed by atoms with Crippen LogP contribution < -0.4 is 5.73 Å². The Bertz CT molecular complexity index is 237. The summed E-state index contributed by atoms with van der Waals surface area (Å²) < 4.78 is 5.43. The lowest BCUT2D eigenvalue weighted by Crippen LogP contribution is -2.43. The summed E-state index contributed by atoms with van der Waals surface area (Å²) in [6.45, 7) is 4.34. The van der Waals surface area contributed by atoms with Gasteiger partial charge in [0, 0.05) is 25.7 Å². The van der Waals surface area contributed by atoms with E-state index in [1.165, 1.54) is 0 Å². The minimum atomic E-state index is 0.138. The second-order valence-electron chi connectivity index (χ2n) is 4.50. The number of likely N-dealkylation sites (tertiary alicyclic amines) is 1. The van der Waals surface area contributed by atoms with Crippen LogP contribution in [0.5, 0.6) is 0 Å². The number of nitrogens with two attached hydrogens (primary N) is 1. The number of piperidine rings is 1. The van der Waals surface area contributed by atoms with Gasteiger partial charge in [-0.15, -0.1) is 0 Å². The van der Waals surface area contributed by atoms with E-state index >= 15 is 0 Å².